The normalized spacial score (nSPS) is 29.4. The van der Waals surface area contributed by atoms with Gasteiger partial charge in [0.25, 0.3) is 0 Å². The van der Waals surface area contributed by atoms with Crippen LogP contribution in [0.25, 0.3) is 0 Å². The minimum Gasteiger partial charge on any atom is -0.340 e. The lowest BCUT2D eigenvalue weighted by molar-refractivity contribution is -0.118. The van der Waals surface area contributed by atoms with Gasteiger partial charge < -0.3 is 5.32 Å². The molecule has 3 heteroatoms. The predicted octanol–water partition coefficient (Wildman–Crippen LogP) is -0.472. The van der Waals surface area contributed by atoms with Crippen LogP contribution in [-0.4, -0.2) is 18.6 Å². The summed E-state index contributed by atoms with van der Waals surface area (Å²) in [5, 5.41) is 5.82. The molecule has 1 unspecified atom stereocenters. The quantitative estimate of drug-likeness (QED) is 0.472. The number of hydrogen-bond donors (Lipinski definition) is 2. The Kier molecular flexibility index (Phi) is 1.11. The van der Waals surface area contributed by atoms with Crippen molar-refractivity contribution >= 4 is 5.91 Å². The van der Waals surface area contributed by atoms with E-state index in [-0.39, 0.29) is 11.9 Å². The molecule has 52 valence electrons. The second-order valence-corrected chi connectivity index (χ2v) is 2.37. The van der Waals surface area contributed by atoms with Gasteiger partial charge in [-0.05, 0) is 0 Å². The van der Waals surface area contributed by atoms with E-state index in [0.29, 0.717) is 6.67 Å². The molecule has 0 saturated carbocycles. The lowest BCUT2D eigenvalue weighted by Gasteiger charge is -2.21. The van der Waals surface area contributed by atoms with E-state index >= 15 is 0 Å². The highest BCUT2D eigenvalue weighted by molar-refractivity contribution is 5.96. The zero-order chi connectivity index (χ0) is 6.97. The summed E-state index contributed by atoms with van der Waals surface area (Å²) in [6.07, 6.45) is 5.72. The van der Waals surface area contributed by atoms with Crippen molar-refractivity contribution in [3.05, 3.63) is 23.8 Å². The van der Waals surface area contributed by atoms with Gasteiger partial charge in [-0.1, -0.05) is 18.2 Å². The molecular weight excluding hydrogens is 128 g/mol. The highest BCUT2D eigenvalue weighted by atomic mass is 16.2. The van der Waals surface area contributed by atoms with E-state index in [2.05, 4.69) is 10.6 Å². The summed E-state index contributed by atoms with van der Waals surface area (Å²) in [5.41, 5.74) is 0.825. The number of hydrogen-bond acceptors (Lipinski definition) is 2. The lowest BCUT2D eigenvalue weighted by atomic mass is 10.1. The zero-order valence-corrected chi connectivity index (χ0v) is 5.42. The van der Waals surface area contributed by atoms with Crippen molar-refractivity contribution in [1.82, 2.24) is 10.6 Å². The van der Waals surface area contributed by atoms with Crippen LogP contribution >= 0.6 is 0 Å². The van der Waals surface area contributed by atoms with Crippen molar-refractivity contribution in [2.45, 2.75) is 6.04 Å². The number of fused-ring (bicyclic) bond motifs is 1. The van der Waals surface area contributed by atoms with E-state index < -0.39 is 0 Å². The van der Waals surface area contributed by atoms with Gasteiger partial charge in [-0.3, -0.25) is 10.1 Å². The molecule has 1 fully saturated rings. The van der Waals surface area contributed by atoms with Crippen molar-refractivity contribution in [2.75, 3.05) is 6.67 Å². The minimum absolute atomic E-state index is 0.0498. The van der Waals surface area contributed by atoms with Crippen LogP contribution in [0.2, 0.25) is 0 Å². The van der Waals surface area contributed by atoms with Crippen LogP contribution in [-0.2, 0) is 4.79 Å². The summed E-state index contributed by atoms with van der Waals surface area (Å²) in [4.78, 5) is 11.0. The molecule has 1 saturated heterocycles. The number of amides is 1. The summed E-state index contributed by atoms with van der Waals surface area (Å²) in [5.74, 6) is 0.0498. The number of rotatable bonds is 0. The minimum atomic E-state index is 0.0498. The van der Waals surface area contributed by atoms with Gasteiger partial charge in [0, 0.05) is 5.57 Å². The Bertz CT molecular complexity index is 230. The van der Waals surface area contributed by atoms with E-state index in [1.165, 1.54) is 0 Å². The Morgan fingerprint density at radius 3 is 3.30 bits per heavy atom. The molecule has 1 aliphatic heterocycles. The second-order valence-electron chi connectivity index (χ2n) is 2.37. The lowest BCUT2D eigenvalue weighted by Crippen LogP contribution is -2.48. The number of carbonyl (C=O) groups is 1. The van der Waals surface area contributed by atoms with Crippen LogP contribution in [0.1, 0.15) is 0 Å². The Morgan fingerprint density at radius 1 is 1.60 bits per heavy atom. The van der Waals surface area contributed by atoms with Crippen LogP contribution in [0, 0.1) is 0 Å². The molecule has 1 amide bonds. The summed E-state index contributed by atoms with van der Waals surface area (Å²) in [6, 6.07) is 0.161. The highest BCUT2D eigenvalue weighted by Gasteiger charge is 2.24. The topological polar surface area (TPSA) is 41.1 Å². The van der Waals surface area contributed by atoms with Crippen LogP contribution < -0.4 is 10.6 Å². The summed E-state index contributed by atoms with van der Waals surface area (Å²) in [6.45, 7) is 0.575. The number of nitrogens with one attached hydrogen (secondary N) is 2. The third-order valence-corrected chi connectivity index (χ3v) is 1.75. The van der Waals surface area contributed by atoms with Crippen LogP contribution in [0.15, 0.2) is 23.8 Å². The fourth-order valence-electron chi connectivity index (χ4n) is 1.22. The Balaban J connectivity index is 2.28. The van der Waals surface area contributed by atoms with Crippen LogP contribution in [0.4, 0.5) is 0 Å². The van der Waals surface area contributed by atoms with Crippen molar-refractivity contribution in [2.24, 2.45) is 0 Å². The molecule has 0 aromatic rings. The van der Waals surface area contributed by atoms with E-state index in [1.807, 2.05) is 18.2 Å². The SMILES string of the molecule is O=C1NCNC2C=CC=C12. The molecule has 2 rings (SSSR count). The standard InChI is InChI=1S/C7H8N2O/c10-7-5-2-1-3-6(5)8-4-9-7/h1-3,6,8H,4H2,(H,9,10). The molecule has 0 radical (unpaired) electrons. The molecule has 0 aromatic heterocycles. The molecule has 3 nitrogen and oxygen atoms in total. The van der Waals surface area contributed by atoms with Gasteiger partial charge in [-0.2, -0.15) is 0 Å². The van der Waals surface area contributed by atoms with Gasteiger partial charge in [0.15, 0.2) is 0 Å². The summed E-state index contributed by atoms with van der Waals surface area (Å²) >= 11 is 0. The van der Waals surface area contributed by atoms with E-state index in [9.17, 15) is 4.79 Å². The van der Waals surface area contributed by atoms with Crippen molar-refractivity contribution in [3.8, 4) is 0 Å². The van der Waals surface area contributed by atoms with Crippen molar-refractivity contribution in [3.63, 3.8) is 0 Å². The molecule has 1 aliphatic carbocycles. The third-order valence-electron chi connectivity index (χ3n) is 1.75. The maximum absolute atomic E-state index is 11.0. The number of allylic oxidation sites excluding steroid dienone is 2. The van der Waals surface area contributed by atoms with Gasteiger partial charge >= 0.3 is 0 Å². The van der Waals surface area contributed by atoms with E-state index in [1.54, 1.807) is 0 Å². The molecule has 2 aliphatic rings. The average Bonchev–Trinajstić information content (AvgIpc) is 2.36. The fourth-order valence-corrected chi connectivity index (χ4v) is 1.22. The molecule has 1 atom stereocenters. The number of carbonyl (C=O) groups excluding carboxylic acids is 1. The first kappa shape index (κ1) is 5.68. The molecule has 0 spiro atoms. The first-order chi connectivity index (χ1) is 4.88. The maximum atomic E-state index is 11.0. The molecule has 1 heterocycles. The molecule has 10 heavy (non-hydrogen) atoms. The fraction of sp³-hybridized carbons (Fsp3) is 0.286. The molecule has 2 N–H and O–H groups in total. The molecular formula is C7H8N2O. The van der Waals surface area contributed by atoms with E-state index in [0.717, 1.165) is 5.57 Å². The predicted molar refractivity (Wildman–Crippen MR) is 37.2 cm³/mol. The molecule has 0 bridgehead atoms. The second kappa shape index (κ2) is 1.95. The summed E-state index contributed by atoms with van der Waals surface area (Å²) < 4.78 is 0. The Morgan fingerprint density at radius 2 is 2.50 bits per heavy atom. The average molecular weight is 136 g/mol. The third kappa shape index (κ3) is 0.675. The van der Waals surface area contributed by atoms with E-state index in [4.69, 9.17) is 0 Å². The van der Waals surface area contributed by atoms with Crippen molar-refractivity contribution < 1.29 is 4.79 Å². The van der Waals surface area contributed by atoms with Crippen molar-refractivity contribution in [1.29, 1.82) is 0 Å². The molecule has 0 aromatic carbocycles. The maximum Gasteiger partial charge on any atom is 0.250 e. The van der Waals surface area contributed by atoms with Gasteiger partial charge in [0.2, 0.25) is 5.91 Å². The van der Waals surface area contributed by atoms with Crippen LogP contribution in [0.3, 0.4) is 0 Å². The van der Waals surface area contributed by atoms with Gasteiger partial charge in [-0.25, -0.2) is 0 Å². The van der Waals surface area contributed by atoms with Gasteiger partial charge in [-0.15, -0.1) is 0 Å². The Labute approximate surface area is 58.8 Å². The monoisotopic (exact) mass is 136 g/mol. The highest BCUT2D eigenvalue weighted by Crippen LogP contribution is 2.13. The smallest absolute Gasteiger partial charge is 0.250 e. The largest absolute Gasteiger partial charge is 0.340 e. The van der Waals surface area contributed by atoms with Gasteiger partial charge in [0.05, 0.1) is 12.7 Å². The zero-order valence-electron chi connectivity index (χ0n) is 5.42. The Hall–Kier alpha value is -1.09. The summed E-state index contributed by atoms with van der Waals surface area (Å²) in [7, 11) is 0. The van der Waals surface area contributed by atoms with Crippen LogP contribution in [0.5, 0.6) is 0 Å². The van der Waals surface area contributed by atoms with Gasteiger partial charge in [0.1, 0.15) is 0 Å². The first-order valence-electron chi connectivity index (χ1n) is 3.28. The first-order valence-corrected chi connectivity index (χ1v) is 3.28.